The summed E-state index contributed by atoms with van der Waals surface area (Å²) in [5.41, 5.74) is 6.53. The van der Waals surface area contributed by atoms with E-state index in [1.165, 1.54) is 19.3 Å². The van der Waals surface area contributed by atoms with E-state index in [0.29, 0.717) is 23.3 Å². The molecule has 104 valence electrons. The molecule has 0 aliphatic heterocycles. The Hall–Kier alpha value is -2.11. The highest BCUT2D eigenvalue weighted by atomic mass is 15.1. The highest BCUT2D eigenvalue weighted by Gasteiger charge is 2.20. The third-order valence-corrected chi connectivity index (χ3v) is 3.65. The number of nitrogens with two attached hydrogens (primary N) is 1. The molecule has 3 rings (SSSR count). The van der Waals surface area contributed by atoms with Crippen LogP contribution in [0.4, 0.5) is 5.95 Å². The zero-order valence-corrected chi connectivity index (χ0v) is 11.6. The Morgan fingerprint density at radius 3 is 2.60 bits per heavy atom. The number of aromatic nitrogens is 5. The molecule has 6 heteroatoms. The van der Waals surface area contributed by atoms with Gasteiger partial charge < -0.3 is 5.73 Å². The van der Waals surface area contributed by atoms with Gasteiger partial charge >= 0.3 is 0 Å². The molecule has 2 N–H and O–H groups in total. The van der Waals surface area contributed by atoms with Crippen molar-refractivity contribution in [2.45, 2.75) is 44.9 Å². The van der Waals surface area contributed by atoms with Crippen LogP contribution in [0.2, 0.25) is 0 Å². The van der Waals surface area contributed by atoms with E-state index in [1.807, 2.05) is 6.92 Å². The van der Waals surface area contributed by atoms with Crippen molar-refractivity contribution >= 4 is 5.95 Å². The molecule has 2 aromatic heterocycles. The molecular formula is C14H18N6. The van der Waals surface area contributed by atoms with Crippen molar-refractivity contribution in [3.8, 4) is 11.5 Å². The Balaban J connectivity index is 1.97. The molecule has 6 nitrogen and oxygen atoms in total. The first-order valence-corrected chi connectivity index (χ1v) is 7.04. The molecule has 1 aliphatic rings. The molecule has 0 spiro atoms. The second kappa shape index (κ2) is 5.48. The monoisotopic (exact) mass is 270 g/mol. The number of rotatable bonds is 2. The van der Waals surface area contributed by atoms with E-state index in [9.17, 15) is 0 Å². The summed E-state index contributed by atoms with van der Waals surface area (Å²) >= 11 is 0. The molecule has 1 aliphatic carbocycles. The zero-order valence-electron chi connectivity index (χ0n) is 11.6. The van der Waals surface area contributed by atoms with Gasteiger partial charge in [-0.3, -0.25) is 0 Å². The fourth-order valence-corrected chi connectivity index (χ4v) is 2.65. The van der Waals surface area contributed by atoms with Gasteiger partial charge in [0.15, 0.2) is 5.82 Å². The molecule has 2 aromatic rings. The highest BCUT2D eigenvalue weighted by Crippen LogP contribution is 2.31. The molecular weight excluding hydrogens is 252 g/mol. The van der Waals surface area contributed by atoms with Crippen LogP contribution in [0.5, 0.6) is 0 Å². The number of aryl methyl sites for hydroxylation is 1. The molecule has 0 saturated heterocycles. The minimum absolute atomic E-state index is 0.270. The van der Waals surface area contributed by atoms with Crippen LogP contribution in [0.25, 0.3) is 11.5 Å². The minimum Gasteiger partial charge on any atom is -0.368 e. The van der Waals surface area contributed by atoms with E-state index in [2.05, 4.69) is 24.9 Å². The van der Waals surface area contributed by atoms with Gasteiger partial charge in [-0.25, -0.2) is 15.0 Å². The molecule has 0 radical (unpaired) electrons. The van der Waals surface area contributed by atoms with Gasteiger partial charge in [-0.15, -0.1) is 0 Å². The van der Waals surface area contributed by atoms with Crippen LogP contribution in [0, 0.1) is 6.92 Å². The SMILES string of the molecule is Cc1nccc(-c2nc(N)nc(C3CCCCC3)n2)n1. The summed E-state index contributed by atoms with van der Waals surface area (Å²) < 4.78 is 0. The van der Waals surface area contributed by atoms with Gasteiger partial charge in [-0.05, 0) is 25.8 Å². The summed E-state index contributed by atoms with van der Waals surface area (Å²) in [5, 5.41) is 0. The maximum atomic E-state index is 5.84. The van der Waals surface area contributed by atoms with E-state index in [-0.39, 0.29) is 5.95 Å². The second-order valence-corrected chi connectivity index (χ2v) is 5.20. The smallest absolute Gasteiger partial charge is 0.223 e. The Labute approximate surface area is 117 Å². The molecule has 20 heavy (non-hydrogen) atoms. The van der Waals surface area contributed by atoms with Crippen LogP contribution in [0.3, 0.4) is 0 Å². The van der Waals surface area contributed by atoms with Gasteiger partial charge in [0.1, 0.15) is 17.3 Å². The van der Waals surface area contributed by atoms with Gasteiger partial charge in [0, 0.05) is 12.1 Å². The number of hydrogen-bond acceptors (Lipinski definition) is 6. The number of hydrogen-bond donors (Lipinski definition) is 1. The molecule has 1 saturated carbocycles. The third kappa shape index (κ3) is 2.74. The summed E-state index contributed by atoms with van der Waals surface area (Å²) in [6, 6.07) is 1.80. The lowest BCUT2D eigenvalue weighted by Crippen LogP contribution is -2.12. The van der Waals surface area contributed by atoms with Crippen LogP contribution in [-0.4, -0.2) is 24.9 Å². The van der Waals surface area contributed by atoms with Gasteiger partial charge in [0.25, 0.3) is 0 Å². The lowest BCUT2D eigenvalue weighted by molar-refractivity contribution is 0.428. The summed E-state index contributed by atoms with van der Waals surface area (Å²) in [7, 11) is 0. The fraction of sp³-hybridized carbons (Fsp3) is 0.500. The van der Waals surface area contributed by atoms with Gasteiger partial charge in [0.2, 0.25) is 5.95 Å². The van der Waals surface area contributed by atoms with Crippen molar-refractivity contribution in [3.63, 3.8) is 0 Å². The van der Waals surface area contributed by atoms with Gasteiger partial charge in [0.05, 0.1) is 0 Å². The standard InChI is InChI=1S/C14H18N6/c1-9-16-8-7-11(17-9)13-18-12(19-14(15)20-13)10-5-3-2-4-6-10/h7-8,10H,2-6H2,1H3,(H2,15,18,19,20). The summed E-state index contributed by atoms with van der Waals surface area (Å²) in [6.45, 7) is 1.84. The number of nitrogen functional groups attached to an aromatic ring is 1. The van der Waals surface area contributed by atoms with Crippen LogP contribution in [0.1, 0.15) is 49.7 Å². The van der Waals surface area contributed by atoms with Crippen LogP contribution >= 0.6 is 0 Å². The van der Waals surface area contributed by atoms with Crippen LogP contribution in [0.15, 0.2) is 12.3 Å². The zero-order chi connectivity index (χ0) is 13.9. The van der Waals surface area contributed by atoms with Crippen LogP contribution in [-0.2, 0) is 0 Å². The minimum atomic E-state index is 0.270. The van der Waals surface area contributed by atoms with Crippen molar-refractivity contribution in [2.24, 2.45) is 0 Å². The molecule has 0 aromatic carbocycles. The van der Waals surface area contributed by atoms with Crippen molar-refractivity contribution in [1.29, 1.82) is 0 Å². The quantitative estimate of drug-likeness (QED) is 0.900. The molecule has 1 fully saturated rings. The van der Waals surface area contributed by atoms with Crippen molar-refractivity contribution in [3.05, 3.63) is 23.9 Å². The van der Waals surface area contributed by atoms with E-state index in [4.69, 9.17) is 5.73 Å². The Bertz CT molecular complexity index is 606. The van der Waals surface area contributed by atoms with Gasteiger partial charge in [-0.2, -0.15) is 9.97 Å². The maximum Gasteiger partial charge on any atom is 0.223 e. The summed E-state index contributed by atoms with van der Waals surface area (Å²) in [6.07, 6.45) is 7.74. The van der Waals surface area contributed by atoms with E-state index in [1.54, 1.807) is 12.3 Å². The molecule has 0 atom stereocenters. The molecule has 2 heterocycles. The van der Waals surface area contributed by atoms with Crippen molar-refractivity contribution in [1.82, 2.24) is 24.9 Å². The predicted molar refractivity (Wildman–Crippen MR) is 75.8 cm³/mol. The molecule has 0 unspecified atom stereocenters. The van der Waals surface area contributed by atoms with E-state index >= 15 is 0 Å². The van der Waals surface area contributed by atoms with Crippen molar-refractivity contribution < 1.29 is 0 Å². The van der Waals surface area contributed by atoms with Crippen LogP contribution < -0.4 is 5.73 Å². The summed E-state index contributed by atoms with van der Waals surface area (Å²) in [4.78, 5) is 21.5. The average molecular weight is 270 g/mol. The average Bonchev–Trinajstić information content (AvgIpc) is 2.47. The largest absolute Gasteiger partial charge is 0.368 e. The lowest BCUT2D eigenvalue weighted by Gasteiger charge is -2.20. The second-order valence-electron chi connectivity index (χ2n) is 5.20. The number of nitrogens with zero attached hydrogens (tertiary/aromatic N) is 5. The Morgan fingerprint density at radius 1 is 1.05 bits per heavy atom. The highest BCUT2D eigenvalue weighted by molar-refractivity contribution is 5.49. The van der Waals surface area contributed by atoms with E-state index < -0.39 is 0 Å². The Morgan fingerprint density at radius 2 is 1.85 bits per heavy atom. The molecule has 0 bridgehead atoms. The summed E-state index contributed by atoms with van der Waals surface area (Å²) in [5.74, 6) is 2.72. The first kappa shape index (κ1) is 12.9. The number of anilines is 1. The third-order valence-electron chi connectivity index (χ3n) is 3.65. The molecule has 0 amide bonds. The van der Waals surface area contributed by atoms with E-state index in [0.717, 1.165) is 18.7 Å². The predicted octanol–water partition coefficient (Wildman–Crippen LogP) is 2.27. The fourth-order valence-electron chi connectivity index (χ4n) is 2.65. The van der Waals surface area contributed by atoms with Gasteiger partial charge in [-0.1, -0.05) is 19.3 Å². The maximum absolute atomic E-state index is 5.84. The normalized spacial score (nSPS) is 16.2. The first-order chi connectivity index (χ1) is 9.72. The lowest BCUT2D eigenvalue weighted by atomic mass is 9.89. The van der Waals surface area contributed by atoms with Crippen molar-refractivity contribution in [2.75, 3.05) is 5.73 Å². The first-order valence-electron chi connectivity index (χ1n) is 7.04. The topological polar surface area (TPSA) is 90.5 Å². The Kier molecular flexibility index (Phi) is 3.54.